The molecule has 3 nitrogen and oxygen atoms in total. The van der Waals surface area contributed by atoms with Crippen molar-refractivity contribution in [2.45, 2.75) is 27.7 Å². The van der Waals surface area contributed by atoms with Gasteiger partial charge in [0.1, 0.15) is 0 Å². The average molecular weight is 306 g/mol. The van der Waals surface area contributed by atoms with Gasteiger partial charge in [-0.3, -0.25) is 9.79 Å². The molecule has 0 spiro atoms. The Morgan fingerprint density at radius 1 is 1.00 bits per heavy atom. The molecule has 3 heteroatoms. The van der Waals surface area contributed by atoms with Gasteiger partial charge in [-0.15, -0.1) is 0 Å². The van der Waals surface area contributed by atoms with E-state index in [1.165, 1.54) is 5.56 Å². The smallest absolute Gasteiger partial charge is 0.260 e. The Morgan fingerprint density at radius 3 is 2.30 bits per heavy atom. The molecule has 23 heavy (non-hydrogen) atoms. The summed E-state index contributed by atoms with van der Waals surface area (Å²) in [7, 11) is 0. The van der Waals surface area contributed by atoms with Crippen LogP contribution in [0.3, 0.4) is 0 Å². The van der Waals surface area contributed by atoms with Gasteiger partial charge in [-0.2, -0.15) is 0 Å². The lowest BCUT2D eigenvalue weighted by atomic mass is 9.89. The van der Waals surface area contributed by atoms with Crippen molar-refractivity contribution in [1.82, 2.24) is 0 Å². The van der Waals surface area contributed by atoms with Crippen LogP contribution in [0.1, 0.15) is 36.7 Å². The van der Waals surface area contributed by atoms with Crippen LogP contribution in [-0.4, -0.2) is 18.2 Å². The van der Waals surface area contributed by atoms with Crippen molar-refractivity contribution in [3.63, 3.8) is 0 Å². The maximum absolute atomic E-state index is 13.0. The fourth-order valence-electron chi connectivity index (χ4n) is 2.64. The van der Waals surface area contributed by atoms with Crippen molar-refractivity contribution < 1.29 is 4.79 Å². The Morgan fingerprint density at radius 2 is 1.65 bits per heavy atom. The summed E-state index contributed by atoms with van der Waals surface area (Å²) in [6.07, 6.45) is 0. The van der Waals surface area contributed by atoms with Crippen LogP contribution in [-0.2, 0) is 0 Å². The second kappa shape index (κ2) is 5.65. The average Bonchev–Trinajstić information content (AvgIpc) is 2.65. The van der Waals surface area contributed by atoms with Crippen molar-refractivity contribution in [2.24, 2.45) is 10.4 Å². The minimum absolute atomic E-state index is 0.00690. The monoisotopic (exact) mass is 306 g/mol. The summed E-state index contributed by atoms with van der Waals surface area (Å²) in [4.78, 5) is 19.7. The van der Waals surface area contributed by atoms with Gasteiger partial charge in [0.25, 0.3) is 5.91 Å². The van der Waals surface area contributed by atoms with Crippen molar-refractivity contribution in [1.29, 1.82) is 0 Å². The van der Waals surface area contributed by atoms with E-state index in [1.807, 2.05) is 60.4 Å². The Hall–Kier alpha value is -2.42. The van der Waals surface area contributed by atoms with Crippen molar-refractivity contribution in [3.05, 3.63) is 59.7 Å². The summed E-state index contributed by atoms with van der Waals surface area (Å²) < 4.78 is 0. The standard InChI is InChI=1S/C20H22N2O/c1-14-9-11-15(12-10-14)22-13-18(20(2,3)4)21-17-8-6-5-7-16(17)19(22)23/h5-12H,13H2,1-4H3. The molecule has 2 aromatic rings. The summed E-state index contributed by atoms with van der Waals surface area (Å²) in [5.41, 5.74) is 4.43. The van der Waals surface area contributed by atoms with Crippen LogP contribution in [0, 0.1) is 12.3 Å². The van der Waals surface area contributed by atoms with Crippen LogP contribution in [0.5, 0.6) is 0 Å². The van der Waals surface area contributed by atoms with Gasteiger partial charge in [0.2, 0.25) is 0 Å². The SMILES string of the molecule is Cc1ccc(N2CC(C(C)(C)C)=Nc3ccccc3C2=O)cc1. The van der Waals surface area contributed by atoms with E-state index in [-0.39, 0.29) is 11.3 Å². The largest absolute Gasteiger partial charge is 0.303 e. The first-order chi connectivity index (χ1) is 10.9. The molecule has 0 saturated heterocycles. The number of carbonyl (C=O) groups is 1. The highest BCUT2D eigenvalue weighted by atomic mass is 16.2. The lowest BCUT2D eigenvalue weighted by Gasteiger charge is -2.27. The highest BCUT2D eigenvalue weighted by Crippen LogP contribution is 2.31. The minimum Gasteiger partial charge on any atom is -0.303 e. The predicted octanol–water partition coefficient (Wildman–Crippen LogP) is 4.77. The number of fused-ring (bicyclic) bond motifs is 1. The molecular formula is C20H22N2O. The van der Waals surface area contributed by atoms with Crippen LogP contribution in [0.2, 0.25) is 0 Å². The highest BCUT2D eigenvalue weighted by molar-refractivity contribution is 6.15. The third kappa shape index (κ3) is 3.04. The zero-order chi connectivity index (χ0) is 16.6. The first-order valence-electron chi connectivity index (χ1n) is 7.92. The number of amides is 1. The quantitative estimate of drug-likeness (QED) is 0.746. The van der Waals surface area contributed by atoms with E-state index in [0.717, 1.165) is 17.1 Å². The molecule has 1 aliphatic heterocycles. The highest BCUT2D eigenvalue weighted by Gasteiger charge is 2.30. The van der Waals surface area contributed by atoms with E-state index in [1.54, 1.807) is 0 Å². The zero-order valence-electron chi connectivity index (χ0n) is 14.1. The van der Waals surface area contributed by atoms with Gasteiger partial charge in [0.05, 0.1) is 17.8 Å². The van der Waals surface area contributed by atoms with Crippen LogP contribution in [0.15, 0.2) is 53.5 Å². The molecule has 0 N–H and O–H groups in total. The molecule has 0 saturated carbocycles. The van der Waals surface area contributed by atoms with E-state index < -0.39 is 0 Å². The molecule has 1 heterocycles. The first kappa shape index (κ1) is 15.5. The number of rotatable bonds is 1. The van der Waals surface area contributed by atoms with Gasteiger partial charge >= 0.3 is 0 Å². The lowest BCUT2D eigenvalue weighted by Crippen LogP contribution is -2.38. The van der Waals surface area contributed by atoms with Crippen molar-refractivity contribution in [2.75, 3.05) is 11.4 Å². The molecule has 0 aliphatic carbocycles. The number of hydrogen-bond donors (Lipinski definition) is 0. The Labute approximate surface area is 137 Å². The zero-order valence-corrected chi connectivity index (χ0v) is 14.1. The molecule has 0 bridgehead atoms. The molecule has 0 aromatic heterocycles. The molecule has 2 aromatic carbocycles. The molecule has 1 aliphatic rings. The summed E-state index contributed by atoms with van der Waals surface area (Å²) in [6, 6.07) is 15.7. The Bertz CT molecular complexity index is 767. The van der Waals surface area contributed by atoms with Gasteiger partial charge in [0.15, 0.2) is 0 Å². The summed E-state index contributed by atoms with van der Waals surface area (Å²) in [5.74, 6) is 0.00690. The minimum atomic E-state index is -0.0965. The summed E-state index contributed by atoms with van der Waals surface area (Å²) in [5, 5.41) is 0. The number of nitrogens with zero attached hydrogens (tertiary/aromatic N) is 2. The van der Waals surface area contributed by atoms with E-state index in [0.29, 0.717) is 12.1 Å². The summed E-state index contributed by atoms with van der Waals surface area (Å²) in [6.45, 7) is 8.97. The fraction of sp³-hybridized carbons (Fsp3) is 0.300. The molecule has 0 fully saturated rings. The fourth-order valence-corrected chi connectivity index (χ4v) is 2.64. The van der Waals surface area contributed by atoms with Crippen LogP contribution in [0.25, 0.3) is 0 Å². The number of benzene rings is 2. The maximum atomic E-state index is 13.0. The van der Waals surface area contributed by atoms with E-state index in [9.17, 15) is 4.79 Å². The molecule has 0 unspecified atom stereocenters. The predicted molar refractivity (Wildman–Crippen MR) is 95.8 cm³/mol. The van der Waals surface area contributed by atoms with E-state index in [2.05, 4.69) is 20.8 Å². The number of anilines is 1. The third-order valence-corrected chi connectivity index (χ3v) is 4.15. The van der Waals surface area contributed by atoms with Crippen molar-refractivity contribution in [3.8, 4) is 0 Å². The number of para-hydroxylation sites is 1. The lowest BCUT2D eigenvalue weighted by molar-refractivity contribution is 0.0991. The van der Waals surface area contributed by atoms with Crippen LogP contribution < -0.4 is 4.90 Å². The number of aliphatic imine (C=N–C) groups is 1. The van der Waals surface area contributed by atoms with Gasteiger partial charge in [-0.1, -0.05) is 50.6 Å². The third-order valence-electron chi connectivity index (χ3n) is 4.15. The molecule has 118 valence electrons. The molecule has 0 radical (unpaired) electrons. The first-order valence-corrected chi connectivity index (χ1v) is 7.92. The molecular weight excluding hydrogens is 284 g/mol. The Balaban J connectivity index is 2.13. The van der Waals surface area contributed by atoms with Gasteiger partial charge < -0.3 is 4.90 Å². The Kier molecular flexibility index (Phi) is 3.80. The second-order valence-electron chi connectivity index (χ2n) is 7.05. The van der Waals surface area contributed by atoms with Gasteiger partial charge in [-0.05, 0) is 31.2 Å². The van der Waals surface area contributed by atoms with E-state index in [4.69, 9.17) is 4.99 Å². The van der Waals surface area contributed by atoms with Crippen molar-refractivity contribution >= 4 is 23.0 Å². The number of hydrogen-bond acceptors (Lipinski definition) is 2. The molecule has 1 amide bonds. The number of aryl methyl sites for hydroxylation is 1. The number of carbonyl (C=O) groups excluding carboxylic acids is 1. The topological polar surface area (TPSA) is 32.7 Å². The maximum Gasteiger partial charge on any atom is 0.260 e. The second-order valence-corrected chi connectivity index (χ2v) is 7.05. The van der Waals surface area contributed by atoms with Gasteiger partial charge in [0, 0.05) is 16.8 Å². The normalized spacial score (nSPS) is 15.0. The summed E-state index contributed by atoms with van der Waals surface area (Å²) >= 11 is 0. The van der Waals surface area contributed by atoms with Crippen LogP contribution >= 0.6 is 0 Å². The van der Waals surface area contributed by atoms with Gasteiger partial charge in [-0.25, -0.2) is 0 Å². The molecule has 3 rings (SSSR count). The van der Waals surface area contributed by atoms with E-state index >= 15 is 0 Å². The van der Waals surface area contributed by atoms with Crippen LogP contribution in [0.4, 0.5) is 11.4 Å². The molecule has 0 atom stereocenters.